The molecule has 0 spiro atoms. The maximum absolute atomic E-state index is 14.3. The molecule has 3 heterocycles. The van der Waals surface area contributed by atoms with E-state index in [9.17, 15) is 29.2 Å². The fraction of sp³-hybridized carbons (Fsp3) is 0.355. The van der Waals surface area contributed by atoms with Gasteiger partial charge in [-0.3, -0.25) is 28.5 Å². The van der Waals surface area contributed by atoms with E-state index in [1.54, 1.807) is 30.3 Å². The van der Waals surface area contributed by atoms with Crippen molar-refractivity contribution in [3.8, 4) is 28.7 Å². The van der Waals surface area contributed by atoms with Crippen LogP contribution in [-0.4, -0.2) is 59.5 Å². The van der Waals surface area contributed by atoms with E-state index in [0.717, 1.165) is 37.8 Å². The summed E-state index contributed by atoms with van der Waals surface area (Å²) in [7, 11) is 0. The molecule has 4 rings (SSSR count). The Labute approximate surface area is 251 Å². The minimum Gasteiger partial charge on any atom is -0.464 e. The highest BCUT2D eigenvalue weighted by Gasteiger charge is 2.53. The predicted molar refractivity (Wildman–Crippen MR) is 150 cm³/mol. The van der Waals surface area contributed by atoms with Crippen LogP contribution >= 0.6 is 0 Å². The fourth-order valence-corrected chi connectivity index (χ4v) is 4.97. The minimum atomic E-state index is -1.57. The van der Waals surface area contributed by atoms with Gasteiger partial charge in [0, 0.05) is 33.3 Å². The molecule has 0 saturated carbocycles. The van der Waals surface area contributed by atoms with E-state index in [1.165, 1.54) is 6.26 Å². The number of carbonyl (C=O) groups excluding carboxylic acids is 4. The zero-order valence-electron chi connectivity index (χ0n) is 24.6. The molecule has 0 radical (unpaired) electrons. The lowest BCUT2D eigenvalue weighted by molar-refractivity contribution is -0.268. The number of nitrogens with zero attached hydrogens (tertiary/aromatic N) is 2. The molecule has 0 aliphatic carbocycles. The van der Waals surface area contributed by atoms with Crippen molar-refractivity contribution in [1.29, 1.82) is 5.26 Å². The van der Waals surface area contributed by atoms with Gasteiger partial charge in [0.25, 0.3) is 5.56 Å². The lowest BCUT2D eigenvalue weighted by Gasteiger charge is -2.45. The number of hydrogen-bond donors (Lipinski definition) is 0. The Morgan fingerprint density at radius 1 is 0.886 bits per heavy atom. The number of aromatic nitrogens is 1. The van der Waals surface area contributed by atoms with Gasteiger partial charge >= 0.3 is 23.9 Å². The molecule has 13 nitrogen and oxygen atoms in total. The Hall–Kier alpha value is -5.22. The van der Waals surface area contributed by atoms with Crippen molar-refractivity contribution < 1.29 is 47.3 Å². The van der Waals surface area contributed by atoms with Crippen LogP contribution in [0.5, 0.6) is 0 Å². The number of ether oxygens (including phenoxy) is 5. The molecule has 2 aromatic heterocycles. The number of esters is 4. The molecule has 230 valence electrons. The minimum absolute atomic E-state index is 0.194. The number of nitriles is 1. The highest BCUT2D eigenvalue weighted by atomic mass is 16.7. The summed E-state index contributed by atoms with van der Waals surface area (Å²) in [4.78, 5) is 62.9. The van der Waals surface area contributed by atoms with Crippen LogP contribution in [-0.2, 0) is 42.9 Å². The van der Waals surface area contributed by atoms with Gasteiger partial charge in [-0.2, -0.15) is 5.26 Å². The molecule has 1 saturated heterocycles. The third kappa shape index (κ3) is 6.87. The molecular formula is C31H30N2O11. The summed E-state index contributed by atoms with van der Waals surface area (Å²) in [6.07, 6.45) is -6.00. The van der Waals surface area contributed by atoms with Gasteiger partial charge in [0.1, 0.15) is 30.1 Å². The van der Waals surface area contributed by atoms with E-state index in [1.807, 2.05) is 25.1 Å². The first-order chi connectivity index (χ1) is 20.9. The van der Waals surface area contributed by atoms with Crippen molar-refractivity contribution >= 4 is 23.9 Å². The summed E-state index contributed by atoms with van der Waals surface area (Å²) in [6.45, 7) is 5.84. The smallest absolute Gasteiger partial charge is 0.303 e. The number of furan rings is 1. The van der Waals surface area contributed by atoms with Crippen LogP contribution in [0.4, 0.5) is 0 Å². The van der Waals surface area contributed by atoms with E-state index < -0.39 is 66.7 Å². The molecule has 0 unspecified atom stereocenters. The standard InChI is InChI=1S/C31H30N2O11/c1-16-8-10-21(11-9-16)24-13-22(25-7-6-12-39-25)23(14-32)30(38)33(24)31-29(43-20(5)37)28(42-19(4)36)27(41-18(3)35)26(44-31)15-40-17(2)34/h6-13,26-29,31H,15H2,1-5H3/t26-,27+,28+,29+,31+/m0/s1. The van der Waals surface area contributed by atoms with Gasteiger partial charge in [0.2, 0.25) is 0 Å². The van der Waals surface area contributed by atoms with Crippen molar-refractivity contribution in [2.24, 2.45) is 0 Å². The number of carbonyl (C=O) groups is 4. The molecule has 3 aromatic rings. The second-order valence-corrected chi connectivity index (χ2v) is 10.0. The lowest BCUT2D eigenvalue weighted by atomic mass is 9.95. The summed E-state index contributed by atoms with van der Waals surface area (Å²) >= 11 is 0. The third-order valence-electron chi connectivity index (χ3n) is 6.71. The maximum atomic E-state index is 14.3. The van der Waals surface area contributed by atoms with Gasteiger partial charge in [0.05, 0.1) is 12.0 Å². The number of pyridine rings is 1. The molecule has 0 bridgehead atoms. The van der Waals surface area contributed by atoms with Crippen molar-refractivity contribution in [3.05, 3.63) is 70.2 Å². The first kappa shape index (κ1) is 31.7. The van der Waals surface area contributed by atoms with Crippen molar-refractivity contribution in [2.45, 2.75) is 65.3 Å². The zero-order valence-corrected chi connectivity index (χ0v) is 24.6. The maximum Gasteiger partial charge on any atom is 0.303 e. The molecule has 1 aromatic carbocycles. The first-order valence-corrected chi connectivity index (χ1v) is 13.5. The van der Waals surface area contributed by atoms with Crippen molar-refractivity contribution in [1.82, 2.24) is 4.57 Å². The van der Waals surface area contributed by atoms with Crippen LogP contribution in [0.25, 0.3) is 22.6 Å². The SMILES string of the molecule is CC(=O)OC[C@@H]1O[C@@H](n2c(-c3ccc(C)cc3)cc(-c3ccco3)c(C#N)c2=O)[C@H](OC(C)=O)[C@H](OC(C)=O)[C@@H]1OC(C)=O. The molecule has 1 aliphatic heterocycles. The topological polar surface area (TPSA) is 173 Å². The summed E-state index contributed by atoms with van der Waals surface area (Å²) < 4.78 is 34.6. The molecule has 1 fully saturated rings. The number of aryl methyl sites for hydroxylation is 1. The van der Waals surface area contributed by atoms with E-state index in [4.69, 9.17) is 28.1 Å². The monoisotopic (exact) mass is 606 g/mol. The summed E-state index contributed by atoms with van der Waals surface area (Å²) in [6, 6.07) is 13.8. The summed E-state index contributed by atoms with van der Waals surface area (Å²) in [5.41, 5.74) is 0.690. The van der Waals surface area contributed by atoms with Crippen molar-refractivity contribution in [3.63, 3.8) is 0 Å². The van der Waals surface area contributed by atoms with Crippen LogP contribution in [0.2, 0.25) is 0 Å². The van der Waals surface area contributed by atoms with Crippen LogP contribution < -0.4 is 5.56 Å². The van der Waals surface area contributed by atoms with Gasteiger partial charge < -0.3 is 28.1 Å². The molecule has 1 aliphatic rings. The largest absolute Gasteiger partial charge is 0.464 e. The molecule has 13 heteroatoms. The number of hydrogen-bond acceptors (Lipinski definition) is 12. The molecule has 5 atom stereocenters. The quantitative estimate of drug-likeness (QED) is 0.271. The van der Waals surface area contributed by atoms with Crippen LogP contribution in [0.15, 0.2) is 57.9 Å². The number of rotatable bonds is 8. The zero-order chi connectivity index (χ0) is 32.1. The van der Waals surface area contributed by atoms with E-state index in [0.29, 0.717) is 5.56 Å². The molecule has 0 N–H and O–H groups in total. The fourth-order valence-electron chi connectivity index (χ4n) is 4.97. The van der Waals surface area contributed by atoms with E-state index in [2.05, 4.69) is 0 Å². The second kappa shape index (κ2) is 13.4. The van der Waals surface area contributed by atoms with E-state index >= 15 is 0 Å². The van der Waals surface area contributed by atoms with Gasteiger partial charge in [-0.25, -0.2) is 0 Å². The molecular weight excluding hydrogens is 576 g/mol. The predicted octanol–water partition coefficient (Wildman–Crippen LogP) is 3.21. The van der Waals surface area contributed by atoms with Crippen LogP contribution in [0, 0.1) is 18.3 Å². The first-order valence-electron chi connectivity index (χ1n) is 13.5. The van der Waals surface area contributed by atoms with Gasteiger partial charge in [-0.1, -0.05) is 29.8 Å². The Balaban J connectivity index is 2.04. The Morgan fingerprint density at radius 2 is 1.50 bits per heavy atom. The van der Waals surface area contributed by atoms with Crippen LogP contribution in [0.3, 0.4) is 0 Å². The van der Waals surface area contributed by atoms with Gasteiger partial charge in [-0.05, 0) is 30.7 Å². The van der Waals surface area contributed by atoms with E-state index in [-0.39, 0.29) is 22.6 Å². The summed E-state index contributed by atoms with van der Waals surface area (Å²) in [5, 5.41) is 10.1. The van der Waals surface area contributed by atoms with Gasteiger partial charge in [0.15, 0.2) is 24.5 Å². The third-order valence-corrected chi connectivity index (χ3v) is 6.71. The highest BCUT2D eigenvalue weighted by molar-refractivity contribution is 5.73. The normalized spacial score (nSPS) is 21.0. The molecule has 44 heavy (non-hydrogen) atoms. The number of benzene rings is 1. The average Bonchev–Trinajstić information content (AvgIpc) is 3.49. The summed E-state index contributed by atoms with van der Waals surface area (Å²) in [5.74, 6) is -2.90. The lowest BCUT2D eigenvalue weighted by Crippen LogP contribution is -2.61. The Kier molecular flexibility index (Phi) is 9.65. The Morgan fingerprint density at radius 3 is 2.05 bits per heavy atom. The Bertz CT molecular complexity index is 1650. The average molecular weight is 607 g/mol. The molecule has 0 amide bonds. The highest BCUT2D eigenvalue weighted by Crippen LogP contribution is 2.38. The second-order valence-electron chi connectivity index (χ2n) is 10.0. The van der Waals surface area contributed by atoms with Crippen LogP contribution in [0.1, 0.15) is 45.0 Å². The van der Waals surface area contributed by atoms with Gasteiger partial charge in [-0.15, -0.1) is 0 Å². The van der Waals surface area contributed by atoms with Crippen molar-refractivity contribution in [2.75, 3.05) is 6.61 Å².